The largest absolute Gasteiger partial charge is 0.377 e. The van der Waals surface area contributed by atoms with Crippen molar-refractivity contribution in [3.8, 4) is 0 Å². The number of aliphatic imine (C=N–C) groups is 1. The summed E-state index contributed by atoms with van der Waals surface area (Å²) in [5, 5.41) is 10.9. The van der Waals surface area contributed by atoms with Gasteiger partial charge < -0.3 is 19.9 Å². The number of ether oxygens (including phenoxy) is 1. The van der Waals surface area contributed by atoms with Gasteiger partial charge >= 0.3 is 0 Å². The molecule has 2 rings (SSSR count). The summed E-state index contributed by atoms with van der Waals surface area (Å²) in [6.07, 6.45) is 1.70. The normalized spacial score (nSPS) is 11.6. The second-order valence-corrected chi connectivity index (χ2v) is 6.19. The maximum atomic E-state index is 5.56. The molecule has 6 nitrogen and oxygen atoms in total. The number of hydrogen-bond donors (Lipinski definition) is 2. The van der Waals surface area contributed by atoms with Crippen LogP contribution in [0.1, 0.15) is 55.8 Å². The van der Waals surface area contributed by atoms with Gasteiger partial charge in [-0.15, -0.1) is 0 Å². The van der Waals surface area contributed by atoms with Crippen molar-refractivity contribution in [2.45, 2.75) is 60.2 Å². The van der Waals surface area contributed by atoms with Gasteiger partial charge in [0, 0.05) is 31.7 Å². The molecular weight excluding hydrogens is 340 g/mol. The molecule has 1 aromatic carbocycles. The molecule has 0 aliphatic rings. The minimum atomic E-state index is 0.601. The van der Waals surface area contributed by atoms with Crippen LogP contribution in [0.25, 0.3) is 0 Å². The second kappa shape index (κ2) is 11.4. The minimum Gasteiger partial charge on any atom is -0.377 e. The van der Waals surface area contributed by atoms with E-state index in [-0.39, 0.29) is 0 Å². The molecular formula is C21H32N4O2. The first-order valence-electron chi connectivity index (χ1n) is 9.86. The lowest BCUT2D eigenvalue weighted by atomic mass is 10.1. The van der Waals surface area contributed by atoms with Crippen LogP contribution in [0.2, 0.25) is 0 Å². The molecule has 0 unspecified atom stereocenters. The van der Waals surface area contributed by atoms with E-state index in [0.717, 1.165) is 42.4 Å². The molecule has 0 radical (unpaired) electrons. The highest BCUT2D eigenvalue weighted by Gasteiger charge is 2.13. The van der Waals surface area contributed by atoms with Gasteiger partial charge in [-0.1, -0.05) is 43.3 Å². The van der Waals surface area contributed by atoms with Crippen LogP contribution >= 0.6 is 0 Å². The van der Waals surface area contributed by atoms with Gasteiger partial charge in [0.15, 0.2) is 5.96 Å². The minimum absolute atomic E-state index is 0.601. The van der Waals surface area contributed by atoms with Crippen molar-refractivity contribution in [2.24, 2.45) is 4.99 Å². The zero-order chi connectivity index (χ0) is 19.5. The third kappa shape index (κ3) is 6.10. The third-order valence-corrected chi connectivity index (χ3v) is 4.37. The molecule has 2 N–H and O–H groups in total. The van der Waals surface area contributed by atoms with Gasteiger partial charge in [-0.25, -0.2) is 4.99 Å². The predicted octanol–water partition coefficient (Wildman–Crippen LogP) is 3.59. The van der Waals surface area contributed by atoms with Crippen molar-refractivity contribution >= 4 is 5.96 Å². The van der Waals surface area contributed by atoms with Crippen LogP contribution in [0.4, 0.5) is 0 Å². The second-order valence-electron chi connectivity index (χ2n) is 6.19. The van der Waals surface area contributed by atoms with Crippen molar-refractivity contribution in [3.05, 3.63) is 52.4 Å². The summed E-state index contributed by atoms with van der Waals surface area (Å²) in [5.41, 5.74) is 4.51. The number of aromatic nitrogens is 1. The summed E-state index contributed by atoms with van der Waals surface area (Å²) >= 11 is 0. The predicted molar refractivity (Wildman–Crippen MR) is 109 cm³/mol. The molecule has 0 spiro atoms. The maximum Gasteiger partial charge on any atom is 0.191 e. The van der Waals surface area contributed by atoms with Crippen molar-refractivity contribution in [2.75, 3.05) is 13.2 Å². The van der Waals surface area contributed by atoms with E-state index in [0.29, 0.717) is 26.3 Å². The Bertz CT molecular complexity index is 703. The molecule has 0 saturated heterocycles. The molecule has 0 aliphatic carbocycles. The fourth-order valence-corrected chi connectivity index (χ4v) is 2.88. The zero-order valence-electron chi connectivity index (χ0n) is 17.0. The Morgan fingerprint density at radius 3 is 2.52 bits per heavy atom. The van der Waals surface area contributed by atoms with E-state index in [9.17, 15) is 0 Å². The summed E-state index contributed by atoms with van der Waals surface area (Å²) in [6.45, 7) is 11.6. The zero-order valence-corrected chi connectivity index (χ0v) is 17.0. The van der Waals surface area contributed by atoms with Crippen LogP contribution in [-0.4, -0.2) is 24.3 Å². The fraction of sp³-hybridized carbons (Fsp3) is 0.524. The van der Waals surface area contributed by atoms with Crippen LogP contribution in [0.15, 0.2) is 33.8 Å². The molecule has 0 fully saturated rings. The average molecular weight is 373 g/mol. The summed E-state index contributed by atoms with van der Waals surface area (Å²) in [4.78, 5) is 4.75. The van der Waals surface area contributed by atoms with Gasteiger partial charge in [0.05, 0.1) is 18.8 Å². The maximum absolute atomic E-state index is 5.56. The van der Waals surface area contributed by atoms with Crippen LogP contribution in [0.3, 0.4) is 0 Å². The molecule has 2 aromatic rings. The van der Waals surface area contributed by atoms with E-state index in [1.807, 2.05) is 19.1 Å². The number of aryl methyl sites for hydroxylation is 2. The number of nitrogens with one attached hydrogen (secondary N) is 2. The first-order chi connectivity index (χ1) is 13.2. The van der Waals surface area contributed by atoms with Gasteiger partial charge in [0.25, 0.3) is 0 Å². The summed E-state index contributed by atoms with van der Waals surface area (Å²) in [5.74, 6) is 1.73. The standard InChI is InChI=1S/C21H32N4O2/c1-5-19-18(20(6-2)27-25-19)14-24-21(22-7-3)23-13-16-11-9-10-12-17(16)15-26-8-4/h9-12H,5-8,13-15H2,1-4H3,(H2,22,23,24). The van der Waals surface area contributed by atoms with E-state index >= 15 is 0 Å². The highest BCUT2D eigenvalue weighted by molar-refractivity contribution is 5.79. The summed E-state index contributed by atoms with van der Waals surface area (Å²) < 4.78 is 11.0. The highest BCUT2D eigenvalue weighted by Crippen LogP contribution is 2.15. The smallest absolute Gasteiger partial charge is 0.191 e. The first-order valence-corrected chi connectivity index (χ1v) is 9.86. The highest BCUT2D eigenvalue weighted by atomic mass is 16.5. The van der Waals surface area contributed by atoms with Gasteiger partial charge in [-0.2, -0.15) is 0 Å². The third-order valence-electron chi connectivity index (χ3n) is 4.37. The Hall–Kier alpha value is -2.34. The van der Waals surface area contributed by atoms with E-state index in [4.69, 9.17) is 14.3 Å². The molecule has 1 aromatic heterocycles. The van der Waals surface area contributed by atoms with Crippen LogP contribution in [0, 0.1) is 0 Å². The van der Waals surface area contributed by atoms with Crippen molar-refractivity contribution < 1.29 is 9.26 Å². The van der Waals surface area contributed by atoms with Crippen LogP contribution in [0.5, 0.6) is 0 Å². The molecule has 148 valence electrons. The van der Waals surface area contributed by atoms with E-state index in [1.165, 1.54) is 11.1 Å². The quantitative estimate of drug-likeness (QED) is 0.493. The Kier molecular flexibility index (Phi) is 8.84. The number of hydrogen-bond acceptors (Lipinski definition) is 4. The van der Waals surface area contributed by atoms with Gasteiger partial charge in [0.2, 0.25) is 0 Å². The monoisotopic (exact) mass is 372 g/mol. The van der Waals surface area contributed by atoms with Crippen molar-refractivity contribution in [1.82, 2.24) is 15.8 Å². The van der Waals surface area contributed by atoms with Crippen molar-refractivity contribution in [1.29, 1.82) is 0 Å². The number of guanidine groups is 1. The molecule has 6 heteroatoms. The number of rotatable bonds is 10. The molecule has 27 heavy (non-hydrogen) atoms. The molecule has 0 aliphatic heterocycles. The lowest BCUT2D eigenvalue weighted by Crippen LogP contribution is -2.37. The topological polar surface area (TPSA) is 71.7 Å². The van der Waals surface area contributed by atoms with E-state index in [2.05, 4.69) is 48.7 Å². The fourth-order valence-electron chi connectivity index (χ4n) is 2.88. The Morgan fingerprint density at radius 2 is 1.85 bits per heavy atom. The van der Waals surface area contributed by atoms with Gasteiger partial charge in [0.1, 0.15) is 5.76 Å². The lowest BCUT2D eigenvalue weighted by Gasteiger charge is -2.13. The molecule has 1 heterocycles. The van der Waals surface area contributed by atoms with Gasteiger partial charge in [-0.3, -0.25) is 0 Å². The molecule has 0 atom stereocenters. The van der Waals surface area contributed by atoms with Crippen molar-refractivity contribution in [3.63, 3.8) is 0 Å². The number of benzene rings is 1. The molecule has 0 bridgehead atoms. The Morgan fingerprint density at radius 1 is 1.07 bits per heavy atom. The summed E-state index contributed by atoms with van der Waals surface area (Å²) in [7, 11) is 0. The Labute approximate surface area is 162 Å². The molecule has 0 saturated carbocycles. The summed E-state index contributed by atoms with van der Waals surface area (Å²) in [6, 6.07) is 8.28. The van der Waals surface area contributed by atoms with Gasteiger partial charge in [-0.05, 0) is 31.4 Å². The molecule has 0 amide bonds. The first kappa shape index (κ1) is 21.0. The Balaban J connectivity index is 2.08. The van der Waals surface area contributed by atoms with E-state index in [1.54, 1.807) is 0 Å². The van der Waals surface area contributed by atoms with Crippen LogP contribution in [-0.2, 0) is 37.3 Å². The van der Waals surface area contributed by atoms with E-state index < -0.39 is 0 Å². The average Bonchev–Trinajstić information content (AvgIpc) is 3.11. The lowest BCUT2D eigenvalue weighted by molar-refractivity contribution is 0.133. The van der Waals surface area contributed by atoms with Crippen LogP contribution < -0.4 is 10.6 Å². The number of nitrogens with zero attached hydrogens (tertiary/aromatic N) is 2. The SMILES string of the molecule is CCNC(=NCc1ccccc1COCC)NCc1c(CC)noc1CC.